The molecule has 2 aromatic rings. The van der Waals surface area contributed by atoms with Crippen molar-refractivity contribution < 1.29 is 4.79 Å². The maximum absolute atomic E-state index is 12.1. The highest BCUT2D eigenvalue weighted by molar-refractivity contribution is 5.94. The lowest BCUT2D eigenvalue weighted by Gasteiger charge is -2.32. The summed E-state index contributed by atoms with van der Waals surface area (Å²) in [5, 5.41) is 2.98. The average Bonchev–Trinajstić information content (AvgIpc) is 2.71. The summed E-state index contributed by atoms with van der Waals surface area (Å²) in [6, 6.07) is 19.0. The average molecular weight is 365 g/mol. The van der Waals surface area contributed by atoms with Crippen LogP contribution in [0.2, 0.25) is 0 Å². The zero-order valence-corrected chi connectivity index (χ0v) is 16.5. The van der Waals surface area contributed by atoms with Crippen molar-refractivity contribution in [2.75, 3.05) is 19.6 Å². The third-order valence-electron chi connectivity index (χ3n) is 5.51. The van der Waals surface area contributed by atoms with Gasteiger partial charge in [-0.15, -0.1) is 0 Å². The molecular formula is C24H32N2O. The van der Waals surface area contributed by atoms with Crippen molar-refractivity contribution in [1.82, 2.24) is 10.2 Å². The molecule has 0 spiro atoms. The number of rotatable bonds is 8. The molecule has 0 unspecified atom stereocenters. The summed E-state index contributed by atoms with van der Waals surface area (Å²) in [4.78, 5) is 14.6. The summed E-state index contributed by atoms with van der Waals surface area (Å²) < 4.78 is 0. The van der Waals surface area contributed by atoms with Gasteiger partial charge in [0, 0.05) is 18.7 Å². The van der Waals surface area contributed by atoms with Crippen molar-refractivity contribution in [1.29, 1.82) is 0 Å². The van der Waals surface area contributed by atoms with Crippen molar-refractivity contribution in [3.05, 3.63) is 71.3 Å². The van der Waals surface area contributed by atoms with Gasteiger partial charge in [0.05, 0.1) is 0 Å². The van der Waals surface area contributed by atoms with Crippen LogP contribution in [0.15, 0.2) is 54.6 Å². The second-order valence-corrected chi connectivity index (χ2v) is 7.72. The molecule has 0 aromatic heterocycles. The fraction of sp³-hybridized carbons (Fsp3) is 0.458. The lowest BCUT2D eigenvalue weighted by molar-refractivity contribution is 0.0953. The van der Waals surface area contributed by atoms with Crippen LogP contribution in [0.4, 0.5) is 0 Å². The molecule has 0 saturated carbocycles. The molecule has 0 bridgehead atoms. The topological polar surface area (TPSA) is 32.3 Å². The highest BCUT2D eigenvalue weighted by Gasteiger charge is 2.19. The molecule has 3 heteroatoms. The van der Waals surface area contributed by atoms with Crippen molar-refractivity contribution in [2.45, 2.75) is 45.6 Å². The molecule has 1 aliphatic heterocycles. The number of unbranched alkanes of at least 4 members (excludes halogenated alkanes) is 1. The Bertz CT molecular complexity index is 688. The van der Waals surface area contributed by atoms with E-state index in [-0.39, 0.29) is 5.91 Å². The molecule has 0 radical (unpaired) electrons. The van der Waals surface area contributed by atoms with E-state index in [9.17, 15) is 4.79 Å². The second kappa shape index (κ2) is 10.3. The molecule has 1 heterocycles. The van der Waals surface area contributed by atoms with Gasteiger partial charge in [0.1, 0.15) is 0 Å². The van der Waals surface area contributed by atoms with E-state index in [4.69, 9.17) is 0 Å². The number of carbonyl (C=O) groups is 1. The summed E-state index contributed by atoms with van der Waals surface area (Å²) in [5.41, 5.74) is 3.52. The molecule has 3 nitrogen and oxygen atoms in total. The number of likely N-dealkylation sites (tertiary alicyclic amines) is 1. The molecular weight excluding hydrogens is 332 g/mol. The van der Waals surface area contributed by atoms with E-state index in [0.29, 0.717) is 0 Å². The van der Waals surface area contributed by atoms with Crippen LogP contribution in [0.25, 0.3) is 0 Å². The van der Waals surface area contributed by atoms with Crippen LogP contribution in [0.3, 0.4) is 0 Å². The standard InChI is InChI=1S/C24H32N2O/c1-2-3-15-25-24(27)23-11-9-22(10-12-23)19-26-16-13-21(14-17-26)18-20-7-5-4-6-8-20/h4-12,21H,2-3,13-19H2,1H3,(H,25,27). The van der Waals surface area contributed by atoms with Gasteiger partial charge in [-0.05, 0) is 68.0 Å². The Kier molecular flexibility index (Phi) is 7.46. The maximum atomic E-state index is 12.1. The Morgan fingerprint density at radius 1 is 1.00 bits per heavy atom. The summed E-state index contributed by atoms with van der Waals surface area (Å²) in [7, 11) is 0. The molecule has 1 fully saturated rings. The number of benzene rings is 2. The van der Waals surface area contributed by atoms with Crippen LogP contribution in [-0.4, -0.2) is 30.4 Å². The molecule has 1 saturated heterocycles. The van der Waals surface area contributed by atoms with Gasteiger partial charge in [0.25, 0.3) is 5.91 Å². The Morgan fingerprint density at radius 3 is 2.37 bits per heavy atom. The fourth-order valence-corrected chi connectivity index (χ4v) is 3.80. The molecule has 144 valence electrons. The summed E-state index contributed by atoms with van der Waals surface area (Å²) in [6.07, 6.45) is 5.88. The van der Waals surface area contributed by atoms with Gasteiger partial charge in [-0.2, -0.15) is 0 Å². The summed E-state index contributed by atoms with van der Waals surface area (Å²) in [6.45, 7) is 6.20. The first-order chi connectivity index (χ1) is 13.2. The zero-order chi connectivity index (χ0) is 18.9. The minimum absolute atomic E-state index is 0.0386. The monoisotopic (exact) mass is 364 g/mol. The first kappa shape index (κ1) is 19.6. The van der Waals surface area contributed by atoms with E-state index in [2.05, 4.69) is 59.6 Å². The molecule has 1 aliphatic rings. The van der Waals surface area contributed by atoms with E-state index in [0.717, 1.165) is 50.5 Å². The molecule has 0 atom stereocenters. The van der Waals surface area contributed by atoms with Gasteiger partial charge in [-0.3, -0.25) is 9.69 Å². The highest BCUT2D eigenvalue weighted by atomic mass is 16.1. The predicted octanol–water partition coefficient (Wildman–Crippen LogP) is 4.67. The van der Waals surface area contributed by atoms with Gasteiger partial charge in [0.15, 0.2) is 0 Å². The molecule has 27 heavy (non-hydrogen) atoms. The number of amides is 1. The Morgan fingerprint density at radius 2 is 1.70 bits per heavy atom. The number of hydrogen-bond acceptors (Lipinski definition) is 2. The van der Waals surface area contributed by atoms with E-state index < -0.39 is 0 Å². The van der Waals surface area contributed by atoms with Crippen LogP contribution in [0.5, 0.6) is 0 Å². The summed E-state index contributed by atoms with van der Waals surface area (Å²) >= 11 is 0. The molecule has 1 amide bonds. The van der Waals surface area contributed by atoms with Crippen molar-refractivity contribution in [3.8, 4) is 0 Å². The minimum atomic E-state index is 0.0386. The number of carbonyl (C=O) groups excluding carboxylic acids is 1. The lowest BCUT2D eigenvalue weighted by Crippen LogP contribution is -2.33. The predicted molar refractivity (Wildman–Crippen MR) is 112 cm³/mol. The zero-order valence-electron chi connectivity index (χ0n) is 16.5. The molecule has 1 N–H and O–H groups in total. The first-order valence-electron chi connectivity index (χ1n) is 10.4. The highest BCUT2D eigenvalue weighted by Crippen LogP contribution is 2.23. The Hall–Kier alpha value is -2.13. The third kappa shape index (κ3) is 6.21. The van der Waals surface area contributed by atoms with Gasteiger partial charge < -0.3 is 5.32 Å². The summed E-state index contributed by atoms with van der Waals surface area (Å²) in [5.74, 6) is 0.842. The van der Waals surface area contributed by atoms with Gasteiger partial charge >= 0.3 is 0 Å². The van der Waals surface area contributed by atoms with E-state index in [1.54, 1.807) is 0 Å². The molecule has 0 aliphatic carbocycles. The van der Waals surface area contributed by atoms with Crippen LogP contribution in [-0.2, 0) is 13.0 Å². The van der Waals surface area contributed by atoms with Gasteiger partial charge in [-0.25, -0.2) is 0 Å². The minimum Gasteiger partial charge on any atom is -0.352 e. The van der Waals surface area contributed by atoms with Crippen LogP contribution in [0.1, 0.15) is 54.1 Å². The smallest absolute Gasteiger partial charge is 0.251 e. The lowest BCUT2D eigenvalue weighted by atomic mass is 9.90. The van der Waals surface area contributed by atoms with E-state index >= 15 is 0 Å². The number of nitrogens with one attached hydrogen (secondary N) is 1. The Balaban J connectivity index is 1.43. The normalized spacial score (nSPS) is 15.6. The van der Waals surface area contributed by atoms with Crippen molar-refractivity contribution in [3.63, 3.8) is 0 Å². The van der Waals surface area contributed by atoms with Crippen molar-refractivity contribution in [2.24, 2.45) is 5.92 Å². The van der Waals surface area contributed by atoms with Crippen LogP contribution in [0, 0.1) is 5.92 Å². The second-order valence-electron chi connectivity index (χ2n) is 7.72. The third-order valence-corrected chi connectivity index (χ3v) is 5.51. The fourth-order valence-electron chi connectivity index (χ4n) is 3.80. The largest absolute Gasteiger partial charge is 0.352 e. The van der Waals surface area contributed by atoms with Gasteiger partial charge in [-0.1, -0.05) is 55.8 Å². The molecule has 2 aromatic carbocycles. The number of piperidine rings is 1. The van der Waals surface area contributed by atoms with E-state index in [1.165, 1.54) is 30.4 Å². The van der Waals surface area contributed by atoms with E-state index in [1.807, 2.05) is 12.1 Å². The van der Waals surface area contributed by atoms with Crippen LogP contribution < -0.4 is 5.32 Å². The maximum Gasteiger partial charge on any atom is 0.251 e. The Labute approximate surface area is 163 Å². The number of nitrogens with zero attached hydrogens (tertiary/aromatic N) is 1. The quantitative estimate of drug-likeness (QED) is 0.690. The van der Waals surface area contributed by atoms with Gasteiger partial charge in [0.2, 0.25) is 0 Å². The van der Waals surface area contributed by atoms with Crippen molar-refractivity contribution >= 4 is 5.91 Å². The number of hydrogen-bond donors (Lipinski definition) is 1. The SMILES string of the molecule is CCCCNC(=O)c1ccc(CN2CCC(Cc3ccccc3)CC2)cc1. The molecule has 3 rings (SSSR count). The van der Waals surface area contributed by atoms with Crippen LogP contribution >= 0.6 is 0 Å². The first-order valence-corrected chi connectivity index (χ1v) is 10.4.